The first-order chi connectivity index (χ1) is 9.24. The van der Waals surface area contributed by atoms with Crippen molar-refractivity contribution in [1.29, 1.82) is 0 Å². The molecular formula is C14H13N3O2. The van der Waals surface area contributed by atoms with E-state index in [1.54, 1.807) is 12.1 Å². The van der Waals surface area contributed by atoms with Crippen LogP contribution in [-0.4, -0.2) is 16.0 Å². The number of aromatic nitrogens is 1. The second kappa shape index (κ2) is 4.70. The number of pyridine rings is 1. The number of carbonyl (C=O) groups is 1. The number of anilines is 1. The third-order valence-electron chi connectivity index (χ3n) is 3.12. The first-order valence-corrected chi connectivity index (χ1v) is 6.02. The largest absolute Gasteiger partial charge is 0.504 e. The fraction of sp³-hybridized carbons (Fsp3) is 0.143. The van der Waals surface area contributed by atoms with Gasteiger partial charge in [-0.25, -0.2) is 4.98 Å². The SMILES string of the molecule is O=C(Nc1ncccc1O)c1ccc2c(c1)CNC2. The predicted molar refractivity (Wildman–Crippen MR) is 70.8 cm³/mol. The van der Waals surface area contributed by atoms with E-state index in [1.165, 1.54) is 17.8 Å². The van der Waals surface area contributed by atoms with Gasteiger partial charge in [-0.15, -0.1) is 0 Å². The lowest BCUT2D eigenvalue weighted by Gasteiger charge is -2.07. The van der Waals surface area contributed by atoms with Gasteiger partial charge in [-0.1, -0.05) is 6.07 Å². The summed E-state index contributed by atoms with van der Waals surface area (Å²) in [5.41, 5.74) is 2.92. The zero-order chi connectivity index (χ0) is 13.2. The molecule has 1 aliphatic rings. The highest BCUT2D eigenvalue weighted by Crippen LogP contribution is 2.21. The molecule has 96 valence electrons. The standard InChI is InChI=1S/C14H13N3O2/c18-12-2-1-5-16-13(12)17-14(19)9-3-4-10-7-15-8-11(10)6-9/h1-6,15,18H,7-8H2,(H,16,17,19). The highest BCUT2D eigenvalue weighted by atomic mass is 16.3. The Bertz CT molecular complexity index is 640. The summed E-state index contributed by atoms with van der Waals surface area (Å²) < 4.78 is 0. The Labute approximate surface area is 110 Å². The predicted octanol–water partition coefficient (Wildman–Crippen LogP) is 1.64. The summed E-state index contributed by atoms with van der Waals surface area (Å²) in [6, 6.07) is 8.68. The summed E-state index contributed by atoms with van der Waals surface area (Å²) in [4.78, 5) is 16.0. The van der Waals surface area contributed by atoms with Gasteiger partial charge in [0.2, 0.25) is 0 Å². The van der Waals surface area contributed by atoms with E-state index in [-0.39, 0.29) is 17.5 Å². The van der Waals surface area contributed by atoms with Crippen LogP contribution in [-0.2, 0) is 13.1 Å². The van der Waals surface area contributed by atoms with Crippen molar-refractivity contribution in [3.63, 3.8) is 0 Å². The number of fused-ring (bicyclic) bond motifs is 1. The first-order valence-electron chi connectivity index (χ1n) is 6.02. The summed E-state index contributed by atoms with van der Waals surface area (Å²) >= 11 is 0. The number of amides is 1. The maximum Gasteiger partial charge on any atom is 0.256 e. The molecule has 3 rings (SSSR count). The summed E-state index contributed by atoms with van der Waals surface area (Å²) in [7, 11) is 0. The third-order valence-corrected chi connectivity index (χ3v) is 3.12. The number of nitrogens with one attached hydrogen (secondary N) is 2. The van der Waals surface area contributed by atoms with Crippen LogP contribution in [0.4, 0.5) is 5.82 Å². The fourth-order valence-corrected chi connectivity index (χ4v) is 2.11. The van der Waals surface area contributed by atoms with Crippen LogP contribution in [0, 0.1) is 0 Å². The van der Waals surface area contributed by atoms with Crippen molar-refractivity contribution in [2.75, 3.05) is 5.32 Å². The Hall–Kier alpha value is -2.40. The zero-order valence-electron chi connectivity index (χ0n) is 10.2. The highest BCUT2D eigenvalue weighted by molar-refractivity contribution is 6.04. The molecule has 0 fully saturated rings. The van der Waals surface area contributed by atoms with Gasteiger partial charge in [0.05, 0.1) is 0 Å². The number of nitrogens with zero attached hydrogens (tertiary/aromatic N) is 1. The van der Waals surface area contributed by atoms with Crippen LogP contribution >= 0.6 is 0 Å². The summed E-state index contributed by atoms with van der Waals surface area (Å²) in [6.45, 7) is 1.63. The second-order valence-corrected chi connectivity index (χ2v) is 4.41. The molecule has 3 N–H and O–H groups in total. The van der Waals surface area contributed by atoms with Gasteiger partial charge >= 0.3 is 0 Å². The average Bonchev–Trinajstić information content (AvgIpc) is 2.88. The summed E-state index contributed by atoms with van der Waals surface area (Å²) in [6.07, 6.45) is 1.52. The molecular weight excluding hydrogens is 242 g/mol. The maximum absolute atomic E-state index is 12.1. The van der Waals surface area contributed by atoms with Crippen LogP contribution in [0.25, 0.3) is 0 Å². The highest BCUT2D eigenvalue weighted by Gasteiger charge is 2.14. The van der Waals surface area contributed by atoms with E-state index < -0.39 is 0 Å². The Morgan fingerprint density at radius 1 is 1.26 bits per heavy atom. The van der Waals surface area contributed by atoms with Crippen LogP contribution in [0.2, 0.25) is 0 Å². The van der Waals surface area contributed by atoms with Gasteiger partial charge in [0.25, 0.3) is 5.91 Å². The van der Waals surface area contributed by atoms with E-state index in [0.29, 0.717) is 5.56 Å². The molecule has 2 heterocycles. The maximum atomic E-state index is 12.1. The normalized spacial score (nSPS) is 13.1. The van der Waals surface area contributed by atoms with Crippen molar-refractivity contribution in [2.45, 2.75) is 13.1 Å². The number of carbonyl (C=O) groups excluding carboxylic acids is 1. The molecule has 1 amide bonds. The summed E-state index contributed by atoms with van der Waals surface area (Å²) in [5.74, 6) is -0.145. The van der Waals surface area contributed by atoms with Crippen LogP contribution in [0.1, 0.15) is 21.5 Å². The lowest BCUT2D eigenvalue weighted by Crippen LogP contribution is -2.13. The van der Waals surface area contributed by atoms with E-state index in [2.05, 4.69) is 15.6 Å². The molecule has 0 unspecified atom stereocenters. The van der Waals surface area contributed by atoms with Gasteiger partial charge < -0.3 is 15.7 Å². The van der Waals surface area contributed by atoms with Crippen molar-refractivity contribution in [2.24, 2.45) is 0 Å². The lowest BCUT2D eigenvalue weighted by atomic mass is 10.1. The number of hydrogen-bond acceptors (Lipinski definition) is 4. The Balaban J connectivity index is 1.83. The Morgan fingerprint density at radius 3 is 2.95 bits per heavy atom. The molecule has 5 nitrogen and oxygen atoms in total. The van der Waals surface area contributed by atoms with Gasteiger partial charge in [0, 0.05) is 24.8 Å². The van der Waals surface area contributed by atoms with Gasteiger partial charge in [-0.05, 0) is 35.4 Å². The summed E-state index contributed by atoms with van der Waals surface area (Å²) in [5, 5.41) is 15.4. The molecule has 19 heavy (non-hydrogen) atoms. The number of aromatic hydroxyl groups is 1. The molecule has 0 bridgehead atoms. The quantitative estimate of drug-likeness (QED) is 0.762. The van der Waals surface area contributed by atoms with Gasteiger partial charge in [0.15, 0.2) is 11.6 Å². The molecule has 1 aromatic heterocycles. The van der Waals surface area contributed by atoms with Gasteiger partial charge in [0.1, 0.15) is 0 Å². The van der Waals surface area contributed by atoms with Crippen LogP contribution < -0.4 is 10.6 Å². The fourth-order valence-electron chi connectivity index (χ4n) is 2.11. The third kappa shape index (κ3) is 2.28. The van der Waals surface area contributed by atoms with E-state index >= 15 is 0 Å². The first kappa shape index (κ1) is 11.7. The molecule has 5 heteroatoms. The molecule has 0 saturated carbocycles. The monoisotopic (exact) mass is 255 g/mol. The average molecular weight is 255 g/mol. The number of rotatable bonds is 2. The molecule has 0 aliphatic carbocycles. The Kier molecular flexibility index (Phi) is 2.89. The minimum atomic E-state index is -0.274. The topological polar surface area (TPSA) is 74.2 Å². The van der Waals surface area contributed by atoms with E-state index in [4.69, 9.17) is 0 Å². The molecule has 1 aliphatic heterocycles. The molecule has 0 spiro atoms. The minimum Gasteiger partial charge on any atom is -0.504 e. The smallest absolute Gasteiger partial charge is 0.256 e. The molecule has 0 atom stereocenters. The van der Waals surface area contributed by atoms with Crippen molar-refractivity contribution >= 4 is 11.7 Å². The molecule has 2 aromatic rings. The van der Waals surface area contributed by atoms with Crippen molar-refractivity contribution in [3.05, 3.63) is 53.2 Å². The van der Waals surface area contributed by atoms with Crippen molar-refractivity contribution in [1.82, 2.24) is 10.3 Å². The second-order valence-electron chi connectivity index (χ2n) is 4.41. The van der Waals surface area contributed by atoms with Crippen LogP contribution in [0.15, 0.2) is 36.5 Å². The van der Waals surface area contributed by atoms with Crippen molar-refractivity contribution < 1.29 is 9.90 Å². The van der Waals surface area contributed by atoms with Crippen molar-refractivity contribution in [3.8, 4) is 5.75 Å². The molecule has 0 radical (unpaired) electrons. The number of hydrogen-bond donors (Lipinski definition) is 3. The molecule has 1 aromatic carbocycles. The van der Waals surface area contributed by atoms with Crippen LogP contribution in [0.3, 0.4) is 0 Å². The minimum absolute atomic E-state index is 0.0429. The van der Waals surface area contributed by atoms with E-state index in [9.17, 15) is 9.90 Å². The van der Waals surface area contributed by atoms with Gasteiger partial charge in [-0.2, -0.15) is 0 Å². The Morgan fingerprint density at radius 2 is 2.11 bits per heavy atom. The number of benzene rings is 1. The van der Waals surface area contributed by atoms with Crippen LogP contribution in [0.5, 0.6) is 5.75 Å². The van der Waals surface area contributed by atoms with E-state index in [0.717, 1.165) is 18.7 Å². The zero-order valence-corrected chi connectivity index (χ0v) is 10.2. The van der Waals surface area contributed by atoms with E-state index in [1.807, 2.05) is 12.1 Å². The van der Waals surface area contributed by atoms with Gasteiger partial charge in [-0.3, -0.25) is 4.79 Å². The molecule has 0 saturated heterocycles. The lowest BCUT2D eigenvalue weighted by molar-refractivity contribution is 0.102.